The minimum Gasteiger partial charge on any atom is -0.324 e. The second-order valence-corrected chi connectivity index (χ2v) is 4.63. The Kier molecular flexibility index (Phi) is 3.20. The van der Waals surface area contributed by atoms with E-state index in [-0.39, 0.29) is 12.6 Å². The Bertz CT molecular complexity index is 623. The van der Waals surface area contributed by atoms with Crippen LogP contribution in [-0.2, 0) is 16.0 Å². The summed E-state index contributed by atoms with van der Waals surface area (Å²) in [6.45, 7) is 2.69. The molecule has 5 nitrogen and oxygen atoms in total. The molecule has 5 heteroatoms. The highest BCUT2D eigenvalue weighted by Crippen LogP contribution is 2.22. The van der Waals surface area contributed by atoms with Crippen molar-refractivity contribution in [1.82, 2.24) is 9.78 Å². The summed E-state index contributed by atoms with van der Waals surface area (Å²) >= 11 is 0. The smallest absolute Gasteiger partial charge is 0.163 e. The van der Waals surface area contributed by atoms with Crippen molar-refractivity contribution in [3.05, 3.63) is 30.0 Å². The molecule has 0 saturated carbocycles. The minimum atomic E-state index is -0.0634. The average molecular weight is 257 g/mol. The van der Waals surface area contributed by atoms with E-state index in [1.165, 1.54) is 0 Å². The van der Waals surface area contributed by atoms with E-state index in [0.717, 1.165) is 30.3 Å². The van der Waals surface area contributed by atoms with Gasteiger partial charge in [-0.2, -0.15) is 10.4 Å². The van der Waals surface area contributed by atoms with E-state index in [1.807, 2.05) is 29.8 Å². The molecular weight excluding hydrogens is 242 g/mol. The van der Waals surface area contributed by atoms with Crippen LogP contribution in [0.4, 0.5) is 0 Å². The average Bonchev–Trinajstić information content (AvgIpc) is 2.80. The molecular formula is C14H15N3O2. The van der Waals surface area contributed by atoms with Gasteiger partial charge in [-0.1, -0.05) is 6.07 Å². The summed E-state index contributed by atoms with van der Waals surface area (Å²) in [5.74, 6) is 0. The van der Waals surface area contributed by atoms with Crippen LogP contribution in [0.15, 0.2) is 24.4 Å². The highest BCUT2D eigenvalue weighted by molar-refractivity contribution is 5.84. The number of nitrogens with zero attached hydrogens (tertiary/aromatic N) is 3. The fourth-order valence-electron chi connectivity index (χ4n) is 2.36. The number of benzene rings is 1. The molecule has 1 fully saturated rings. The zero-order valence-corrected chi connectivity index (χ0v) is 10.7. The maximum absolute atomic E-state index is 9.04. The van der Waals surface area contributed by atoms with Gasteiger partial charge in [-0.15, -0.1) is 0 Å². The fraction of sp³-hybridized carbons (Fsp3) is 0.429. The molecule has 0 N–H and O–H groups in total. The van der Waals surface area contributed by atoms with Gasteiger partial charge in [-0.3, -0.25) is 4.68 Å². The molecule has 1 saturated heterocycles. The van der Waals surface area contributed by atoms with Gasteiger partial charge >= 0.3 is 0 Å². The normalized spacial score (nSPS) is 22.1. The van der Waals surface area contributed by atoms with Crippen molar-refractivity contribution < 1.29 is 9.47 Å². The van der Waals surface area contributed by atoms with E-state index in [0.29, 0.717) is 5.56 Å². The van der Waals surface area contributed by atoms with Crippen LogP contribution in [-0.4, -0.2) is 22.4 Å². The van der Waals surface area contributed by atoms with E-state index in [2.05, 4.69) is 11.2 Å². The molecule has 3 rings (SSSR count). The van der Waals surface area contributed by atoms with Crippen molar-refractivity contribution in [1.29, 1.82) is 5.26 Å². The Balaban J connectivity index is 1.67. The molecule has 2 aromatic rings. The standard InChI is InChI=1S/C14H15N3O2/c1-10-18-14(19-10)6-3-7-17-13-5-2-4-11(8-15)12(13)9-16-17/h2,4-5,9-10,14H,3,6-7H2,1H3. The number of hydrogen-bond donors (Lipinski definition) is 0. The molecule has 1 aromatic heterocycles. The van der Waals surface area contributed by atoms with Crippen molar-refractivity contribution in [3.8, 4) is 6.07 Å². The van der Waals surface area contributed by atoms with Crippen LogP contribution in [0.25, 0.3) is 10.9 Å². The quantitative estimate of drug-likeness (QED) is 0.843. The number of hydrogen-bond acceptors (Lipinski definition) is 4. The molecule has 0 aliphatic carbocycles. The monoisotopic (exact) mass is 257 g/mol. The van der Waals surface area contributed by atoms with Crippen molar-refractivity contribution in [2.24, 2.45) is 0 Å². The molecule has 1 aliphatic rings. The SMILES string of the molecule is CC1OC(CCCn2ncc3c(C#N)cccc32)O1. The zero-order chi connectivity index (χ0) is 13.2. The minimum absolute atomic E-state index is 0.0614. The molecule has 19 heavy (non-hydrogen) atoms. The highest BCUT2D eigenvalue weighted by atomic mass is 16.9. The van der Waals surface area contributed by atoms with E-state index >= 15 is 0 Å². The first-order valence-electron chi connectivity index (χ1n) is 6.43. The fourth-order valence-corrected chi connectivity index (χ4v) is 2.36. The van der Waals surface area contributed by atoms with E-state index in [9.17, 15) is 0 Å². The van der Waals surface area contributed by atoms with Gasteiger partial charge in [0.05, 0.1) is 23.3 Å². The van der Waals surface area contributed by atoms with Crippen LogP contribution in [0.3, 0.4) is 0 Å². The van der Waals surface area contributed by atoms with E-state index < -0.39 is 0 Å². The van der Waals surface area contributed by atoms with Crippen LogP contribution >= 0.6 is 0 Å². The number of rotatable bonds is 4. The maximum Gasteiger partial charge on any atom is 0.163 e. The molecule has 1 aliphatic heterocycles. The first-order chi connectivity index (χ1) is 9.28. The third-order valence-corrected chi connectivity index (χ3v) is 3.30. The first kappa shape index (κ1) is 12.2. The topological polar surface area (TPSA) is 60.1 Å². The summed E-state index contributed by atoms with van der Waals surface area (Å²) in [6.07, 6.45) is 3.43. The van der Waals surface area contributed by atoms with Crippen LogP contribution in [0.2, 0.25) is 0 Å². The lowest BCUT2D eigenvalue weighted by atomic mass is 10.1. The number of nitriles is 1. The molecule has 0 unspecified atom stereocenters. The number of aromatic nitrogens is 2. The summed E-state index contributed by atoms with van der Waals surface area (Å²) in [6, 6.07) is 7.87. The number of fused-ring (bicyclic) bond motifs is 1. The molecule has 98 valence electrons. The summed E-state index contributed by atoms with van der Waals surface area (Å²) in [5, 5.41) is 14.3. The molecule has 0 bridgehead atoms. The van der Waals surface area contributed by atoms with Gasteiger partial charge in [0.1, 0.15) is 0 Å². The lowest BCUT2D eigenvalue weighted by Gasteiger charge is -2.33. The van der Waals surface area contributed by atoms with Crippen LogP contribution in [0.5, 0.6) is 0 Å². The lowest BCUT2D eigenvalue weighted by molar-refractivity contribution is -0.377. The second-order valence-electron chi connectivity index (χ2n) is 4.63. The van der Waals surface area contributed by atoms with Gasteiger partial charge in [0, 0.05) is 18.4 Å². The van der Waals surface area contributed by atoms with E-state index in [1.54, 1.807) is 6.20 Å². The van der Waals surface area contributed by atoms with Crippen LogP contribution in [0, 0.1) is 11.3 Å². The maximum atomic E-state index is 9.04. The molecule has 0 spiro atoms. The first-order valence-corrected chi connectivity index (χ1v) is 6.43. The highest BCUT2D eigenvalue weighted by Gasteiger charge is 2.25. The summed E-state index contributed by atoms with van der Waals surface area (Å²) < 4.78 is 12.7. The Morgan fingerprint density at radius 3 is 3.00 bits per heavy atom. The predicted molar refractivity (Wildman–Crippen MR) is 69.1 cm³/mol. The molecule has 0 amide bonds. The van der Waals surface area contributed by atoms with Gasteiger partial charge in [-0.25, -0.2) is 0 Å². The van der Waals surface area contributed by atoms with Crippen molar-refractivity contribution in [2.45, 2.75) is 38.9 Å². The van der Waals surface area contributed by atoms with Crippen LogP contribution < -0.4 is 0 Å². The van der Waals surface area contributed by atoms with Gasteiger partial charge in [0.2, 0.25) is 0 Å². The Morgan fingerprint density at radius 2 is 2.26 bits per heavy atom. The zero-order valence-electron chi connectivity index (χ0n) is 10.7. The third kappa shape index (κ3) is 2.33. The van der Waals surface area contributed by atoms with Gasteiger partial charge in [0.15, 0.2) is 12.6 Å². The Morgan fingerprint density at radius 1 is 1.42 bits per heavy atom. The molecule has 0 radical (unpaired) electrons. The van der Waals surface area contributed by atoms with Crippen molar-refractivity contribution >= 4 is 10.9 Å². The molecule has 0 atom stereocenters. The van der Waals surface area contributed by atoms with Gasteiger partial charge < -0.3 is 9.47 Å². The summed E-state index contributed by atoms with van der Waals surface area (Å²) in [5.41, 5.74) is 1.67. The number of ether oxygens (including phenoxy) is 2. The molecule has 1 aromatic carbocycles. The summed E-state index contributed by atoms with van der Waals surface area (Å²) in [4.78, 5) is 0. The Hall–Kier alpha value is -1.90. The van der Waals surface area contributed by atoms with E-state index in [4.69, 9.17) is 14.7 Å². The van der Waals surface area contributed by atoms with Crippen LogP contribution in [0.1, 0.15) is 25.3 Å². The lowest BCUT2D eigenvalue weighted by Crippen LogP contribution is -2.38. The predicted octanol–water partition coefficient (Wildman–Crippen LogP) is 2.41. The van der Waals surface area contributed by atoms with Gasteiger partial charge in [0.25, 0.3) is 0 Å². The summed E-state index contributed by atoms with van der Waals surface area (Å²) in [7, 11) is 0. The van der Waals surface area contributed by atoms with Gasteiger partial charge in [-0.05, 0) is 25.5 Å². The number of aryl methyl sites for hydroxylation is 1. The van der Waals surface area contributed by atoms with Crippen molar-refractivity contribution in [2.75, 3.05) is 0 Å². The van der Waals surface area contributed by atoms with Crippen molar-refractivity contribution in [3.63, 3.8) is 0 Å². The Labute approximate surface area is 111 Å². The second kappa shape index (κ2) is 5.00. The molecule has 2 heterocycles. The largest absolute Gasteiger partial charge is 0.324 e. The third-order valence-electron chi connectivity index (χ3n) is 3.30.